The van der Waals surface area contributed by atoms with Crippen molar-refractivity contribution in [3.63, 3.8) is 0 Å². The first-order chi connectivity index (χ1) is 15.0. The third kappa shape index (κ3) is 6.13. The van der Waals surface area contributed by atoms with Gasteiger partial charge in [-0.2, -0.15) is 0 Å². The number of ether oxygens (including phenoxy) is 1. The maximum Gasteiger partial charge on any atom is 0.261 e. The lowest BCUT2D eigenvalue weighted by atomic mass is 10.1. The Bertz CT molecular complexity index is 1100. The SMILES string of the molecule is CCOc1ccccc1C(=O)NC(=S)Nc1ccc(NC(=O)c2cccc(C)c2)cc1. The number of carbonyl (C=O) groups excluding carboxylic acids is 2. The summed E-state index contributed by atoms with van der Waals surface area (Å²) in [4.78, 5) is 24.9. The Morgan fingerprint density at radius 2 is 1.55 bits per heavy atom. The Morgan fingerprint density at radius 3 is 2.23 bits per heavy atom. The molecule has 6 nitrogen and oxygen atoms in total. The van der Waals surface area contributed by atoms with Gasteiger partial charge in [0.15, 0.2) is 5.11 Å². The molecule has 0 saturated carbocycles. The fraction of sp³-hybridized carbons (Fsp3) is 0.125. The number of hydrogen-bond donors (Lipinski definition) is 3. The number of anilines is 2. The van der Waals surface area contributed by atoms with Gasteiger partial charge in [0, 0.05) is 16.9 Å². The summed E-state index contributed by atoms with van der Waals surface area (Å²) < 4.78 is 5.48. The molecule has 0 spiro atoms. The van der Waals surface area contributed by atoms with E-state index in [1.807, 2.05) is 32.0 Å². The molecule has 2 amide bonds. The number of hydrogen-bond acceptors (Lipinski definition) is 4. The van der Waals surface area contributed by atoms with Crippen LogP contribution in [-0.2, 0) is 0 Å². The summed E-state index contributed by atoms with van der Waals surface area (Å²) in [7, 11) is 0. The first-order valence-electron chi connectivity index (χ1n) is 9.78. The Balaban J connectivity index is 1.57. The third-order valence-corrected chi connectivity index (χ3v) is 4.54. The summed E-state index contributed by atoms with van der Waals surface area (Å²) >= 11 is 5.25. The molecular weight excluding hydrogens is 410 g/mol. The van der Waals surface area contributed by atoms with Crippen LogP contribution in [-0.4, -0.2) is 23.5 Å². The first kappa shape index (κ1) is 22.0. The molecule has 3 N–H and O–H groups in total. The predicted molar refractivity (Wildman–Crippen MR) is 127 cm³/mol. The summed E-state index contributed by atoms with van der Waals surface area (Å²) in [5.41, 5.74) is 3.35. The maximum absolute atomic E-state index is 12.5. The van der Waals surface area contributed by atoms with E-state index in [-0.39, 0.29) is 16.9 Å². The molecule has 7 heteroatoms. The zero-order chi connectivity index (χ0) is 22.2. The van der Waals surface area contributed by atoms with Crippen molar-refractivity contribution in [1.29, 1.82) is 0 Å². The highest BCUT2D eigenvalue weighted by Crippen LogP contribution is 2.18. The molecule has 0 atom stereocenters. The molecule has 0 aromatic heterocycles. The van der Waals surface area contributed by atoms with Crippen molar-refractivity contribution >= 4 is 40.5 Å². The van der Waals surface area contributed by atoms with Crippen molar-refractivity contribution < 1.29 is 14.3 Å². The van der Waals surface area contributed by atoms with Crippen molar-refractivity contribution in [2.75, 3.05) is 17.2 Å². The van der Waals surface area contributed by atoms with Crippen molar-refractivity contribution in [3.8, 4) is 5.75 Å². The second-order valence-electron chi connectivity index (χ2n) is 6.74. The van der Waals surface area contributed by atoms with E-state index >= 15 is 0 Å². The van der Waals surface area contributed by atoms with Crippen LogP contribution in [0.1, 0.15) is 33.2 Å². The molecular formula is C24H23N3O3S. The minimum absolute atomic E-state index is 0.160. The summed E-state index contributed by atoms with van der Waals surface area (Å²) in [6.45, 7) is 4.25. The Kier molecular flexibility index (Phi) is 7.35. The van der Waals surface area contributed by atoms with E-state index in [2.05, 4.69) is 16.0 Å². The second-order valence-corrected chi connectivity index (χ2v) is 7.15. The lowest BCUT2D eigenvalue weighted by molar-refractivity contribution is 0.0972. The first-order valence-corrected chi connectivity index (χ1v) is 10.2. The van der Waals surface area contributed by atoms with Crippen LogP contribution in [0.15, 0.2) is 72.8 Å². The van der Waals surface area contributed by atoms with Gasteiger partial charge in [-0.1, -0.05) is 29.8 Å². The number of aryl methyl sites for hydroxylation is 1. The molecule has 0 saturated heterocycles. The second kappa shape index (κ2) is 10.4. The number of rotatable bonds is 6. The van der Waals surface area contributed by atoms with E-state index in [1.165, 1.54) is 0 Å². The van der Waals surface area contributed by atoms with Gasteiger partial charge in [-0.05, 0) is 74.6 Å². The van der Waals surface area contributed by atoms with Gasteiger partial charge in [-0.25, -0.2) is 0 Å². The molecule has 0 bridgehead atoms. The average molecular weight is 434 g/mol. The highest BCUT2D eigenvalue weighted by Gasteiger charge is 2.13. The van der Waals surface area contributed by atoms with Crippen LogP contribution in [0.3, 0.4) is 0 Å². The molecule has 0 aliphatic rings. The van der Waals surface area contributed by atoms with Crippen LogP contribution in [0, 0.1) is 6.92 Å². The van der Waals surface area contributed by atoms with Crippen LogP contribution < -0.4 is 20.7 Å². The summed E-state index contributed by atoms with van der Waals surface area (Å²) in [6.07, 6.45) is 0. The summed E-state index contributed by atoms with van der Waals surface area (Å²) in [5, 5.41) is 8.62. The normalized spacial score (nSPS) is 10.1. The lowest BCUT2D eigenvalue weighted by Gasteiger charge is -2.13. The molecule has 0 fully saturated rings. The zero-order valence-electron chi connectivity index (χ0n) is 17.3. The van der Waals surface area contributed by atoms with Gasteiger partial charge in [0.1, 0.15) is 5.75 Å². The minimum Gasteiger partial charge on any atom is -0.493 e. The summed E-state index contributed by atoms with van der Waals surface area (Å²) in [5.74, 6) is -0.0391. The van der Waals surface area contributed by atoms with Crippen LogP contribution in [0.25, 0.3) is 0 Å². The highest BCUT2D eigenvalue weighted by atomic mass is 32.1. The van der Waals surface area contributed by atoms with E-state index < -0.39 is 0 Å². The largest absolute Gasteiger partial charge is 0.493 e. The van der Waals surface area contributed by atoms with Gasteiger partial charge >= 0.3 is 0 Å². The number of thiocarbonyl (C=S) groups is 1. The maximum atomic E-state index is 12.5. The van der Waals surface area contributed by atoms with Gasteiger partial charge in [0.2, 0.25) is 0 Å². The fourth-order valence-corrected chi connectivity index (χ4v) is 3.11. The Morgan fingerprint density at radius 1 is 0.871 bits per heavy atom. The minimum atomic E-state index is -0.358. The van der Waals surface area contributed by atoms with Crippen molar-refractivity contribution in [1.82, 2.24) is 5.32 Å². The Hall–Kier alpha value is -3.71. The van der Waals surface area contributed by atoms with Crippen LogP contribution in [0.4, 0.5) is 11.4 Å². The number of amides is 2. The van der Waals surface area contributed by atoms with Crippen molar-refractivity contribution in [2.45, 2.75) is 13.8 Å². The van der Waals surface area contributed by atoms with Gasteiger partial charge in [-0.3, -0.25) is 14.9 Å². The van der Waals surface area contributed by atoms with Crippen molar-refractivity contribution in [3.05, 3.63) is 89.5 Å². The Labute approximate surface area is 186 Å². The molecule has 31 heavy (non-hydrogen) atoms. The monoisotopic (exact) mass is 433 g/mol. The number of nitrogens with one attached hydrogen (secondary N) is 3. The number of para-hydroxylation sites is 1. The van der Waals surface area contributed by atoms with E-state index in [9.17, 15) is 9.59 Å². The molecule has 3 rings (SSSR count). The smallest absolute Gasteiger partial charge is 0.261 e. The van der Waals surface area contributed by atoms with E-state index in [1.54, 1.807) is 54.6 Å². The molecule has 0 radical (unpaired) electrons. The zero-order valence-corrected chi connectivity index (χ0v) is 18.1. The van der Waals surface area contributed by atoms with E-state index in [4.69, 9.17) is 17.0 Å². The average Bonchev–Trinajstić information content (AvgIpc) is 2.75. The van der Waals surface area contributed by atoms with Crippen LogP contribution in [0.5, 0.6) is 5.75 Å². The number of carbonyl (C=O) groups is 2. The van der Waals surface area contributed by atoms with Crippen LogP contribution >= 0.6 is 12.2 Å². The molecule has 3 aromatic rings. The van der Waals surface area contributed by atoms with Crippen LogP contribution in [0.2, 0.25) is 0 Å². The molecule has 0 aliphatic heterocycles. The quantitative estimate of drug-likeness (QED) is 0.488. The highest BCUT2D eigenvalue weighted by molar-refractivity contribution is 7.80. The molecule has 0 aliphatic carbocycles. The molecule has 3 aromatic carbocycles. The van der Waals surface area contributed by atoms with Gasteiger partial charge in [0.25, 0.3) is 11.8 Å². The van der Waals surface area contributed by atoms with Gasteiger partial charge in [0.05, 0.1) is 12.2 Å². The van der Waals surface area contributed by atoms with Gasteiger partial charge in [-0.15, -0.1) is 0 Å². The van der Waals surface area contributed by atoms with Crippen molar-refractivity contribution in [2.24, 2.45) is 0 Å². The lowest BCUT2D eigenvalue weighted by Crippen LogP contribution is -2.34. The molecule has 0 heterocycles. The van der Waals surface area contributed by atoms with Gasteiger partial charge < -0.3 is 15.4 Å². The molecule has 158 valence electrons. The predicted octanol–water partition coefficient (Wildman–Crippen LogP) is 4.77. The molecule has 0 unspecified atom stereocenters. The van der Waals surface area contributed by atoms with E-state index in [0.29, 0.717) is 34.9 Å². The standard InChI is InChI=1S/C24H23N3O3S/c1-3-30-21-10-5-4-9-20(21)23(29)27-24(31)26-19-13-11-18(12-14-19)25-22(28)17-8-6-7-16(2)15-17/h4-15H,3H2,1-2H3,(H,25,28)(H2,26,27,29,31). The fourth-order valence-electron chi connectivity index (χ4n) is 2.89. The topological polar surface area (TPSA) is 79.5 Å². The van der Waals surface area contributed by atoms with E-state index in [0.717, 1.165) is 5.56 Å². The number of benzene rings is 3. The summed E-state index contributed by atoms with van der Waals surface area (Å²) in [6, 6.07) is 21.4. The third-order valence-electron chi connectivity index (χ3n) is 4.34.